The summed E-state index contributed by atoms with van der Waals surface area (Å²) in [4.78, 5) is 2.68. The summed E-state index contributed by atoms with van der Waals surface area (Å²) in [5.74, 6) is 1.84. The SMILES string of the molecule is CC1CCN(C(CN)C2CCCC2)CC1. The van der Waals surface area contributed by atoms with Gasteiger partial charge in [0, 0.05) is 12.6 Å². The standard InChI is InChI=1S/C13H26N2/c1-11-6-8-15(9-7-11)13(10-14)12-4-2-3-5-12/h11-13H,2-10,14H2,1H3. The number of piperidine rings is 1. The summed E-state index contributed by atoms with van der Waals surface area (Å²) in [6, 6.07) is 0.694. The summed E-state index contributed by atoms with van der Waals surface area (Å²) in [6.45, 7) is 5.84. The molecule has 1 heterocycles. The Morgan fingerprint density at radius 2 is 1.73 bits per heavy atom. The number of rotatable bonds is 3. The van der Waals surface area contributed by atoms with Gasteiger partial charge in [0.25, 0.3) is 0 Å². The average Bonchev–Trinajstić information content (AvgIpc) is 2.75. The van der Waals surface area contributed by atoms with Crippen molar-refractivity contribution < 1.29 is 0 Å². The molecule has 0 aromatic carbocycles. The maximum atomic E-state index is 5.98. The Labute approximate surface area is 94.2 Å². The lowest BCUT2D eigenvalue weighted by molar-refractivity contribution is 0.104. The first kappa shape index (κ1) is 11.4. The summed E-state index contributed by atoms with van der Waals surface area (Å²) >= 11 is 0. The molecule has 2 rings (SSSR count). The highest BCUT2D eigenvalue weighted by Gasteiger charge is 2.30. The molecular formula is C13H26N2. The predicted octanol–water partition coefficient (Wildman–Crippen LogP) is 2.24. The monoisotopic (exact) mass is 210 g/mol. The van der Waals surface area contributed by atoms with Crippen molar-refractivity contribution in [2.45, 2.75) is 51.5 Å². The number of nitrogens with zero attached hydrogens (tertiary/aromatic N) is 1. The van der Waals surface area contributed by atoms with Crippen molar-refractivity contribution in [3.8, 4) is 0 Å². The second kappa shape index (κ2) is 5.31. The average molecular weight is 210 g/mol. The maximum Gasteiger partial charge on any atom is 0.0246 e. The lowest BCUT2D eigenvalue weighted by Gasteiger charge is -2.39. The van der Waals surface area contributed by atoms with E-state index in [4.69, 9.17) is 5.73 Å². The van der Waals surface area contributed by atoms with Gasteiger partial charge in [0.2, 0.25) is 0 Å². The van der Waals surface area contributed by atoms with Crippen LogP contribution >= 0.6 is 0 Å². The Morgan fingerprint density at radius 3 is 2.27 bits per heavy atom. The van der Waals surface area contributed by atoms with Crippen LogP contribution in [0.15, 0.2) is 0 Å². The molecular weight excluding hydrogens is 184 g/mol. The van der Waals surface area contributed by atoms with Crippen LogP contribution in [0.5, 0.6) is 0 Å². The highest BCUT2D eigenvalue weighted by atomic mass is 15.2. The van der Waals surface area contributed by atoms with Gasteiger partial charge in [-0.3, -0.25) is 4.90 Å². The van der Waals surface area contributed by atoms with Crippen LogP contribution in [-0.2, 0) is 0 Å². The van der Waals surface area contributed by atoms with Crippen LogP contribution in [-0.4, -0.2) is 30.6 Å². The third-order valence-corrected chi connectivity index (χ3v) is 4.47. The largest absolute Gasteiger partial charge is 0.329 e. The minimum Gasteiger partial charge on any atom is -0.329 e. The molecule has 1 aliphatic carbocycles. The minimum absolute atomic E-state index is 0.694. The Morgan fingerprint density at radius 1 is 1.13 bits per heavy atom. The van der Waals surface area contributed by atoms with E-state index >= 15 is 0 Å². The van der Waals surface area contributed by atoms with Gasteiger partial charge in [-0.1, -0.05) is 19.8 Å². The van der Waals surface area contributed by atoms with Gasteiger partial charge in [0.05, 0.1) is 0 Å². The number of likely N-dealkylation sites (tertiary alicyclic amines) is 1. The van der Waals surface area contributed by atoms with E-state index in [0.29, 0.717) is 6.04 Å². The Hall–Kier alpha value is -0.0800. The van der Waals surface area contributed by atoms with Gasteiger partial charge < -0.3 is 5.73 Å². The second-order valence-electron chi connectivity index (χ2n) is 5.57. The zero-order valence-electron chi connectivity index (χ0n) is 10.1. The molecule has 2 fully saturated rings. The van der Waals surface area contributed by atoms with Crippen LogP contribution in [0.2, 0.25) is 0 Å². The van der Waals surface area contributed by atoms with Crippen molar-refractivity contribution in [1.82, 2.24) is 4.90 Å². The van der Waals surface area contributed by atoms with Crippen LogP contribution in [0, 0.1) is 11.8 Å². The minimum atomic E-state index is 0.694. The fourth-order valence-electron chi connectivity index (χ4n) is 3.34. The fourth-order valence-corrected chi connectivity index (χ4v) is 3.34. The third-order valence-electron chi connectivity index (χ3n) is 4.47. The van der Waals surface area contributed by atoms with Gasteiger partial charge in [-0.25, -0.2) is 0 Å². The van der Waals surface area contributed by atoms with Crippen molar-refractivity contribution in [1.29, 1.82) is 0 Å². The summed E-state index contributed by atoms with van der Waals surface area (Å²) < 4.78 is 0. The molecule has 0 radical (unpaired) electrons. The van der Waals surface area contributed by atoms with Crippen molar-refractivity contribution >= 4 is 0 Å². The fraction of sp³-hybridized carbons (Fsp3) is 1.00. The van der Waals surface area contributed by atoms with Crippen molar-refractivity contribution in [3.63, 3.8) is 0 Å². The van der Waals surface area contributed by atoms with Gasteiger partial charge in [-0.05, 0) is 50.6 Å². The summed E-state index contributed by atoms with van der Waals surface area (Å²) in [5, 5.41) is 0. The first-order valence-corrected chi connectivity index (χ1v) is 6.75. The van der Waals surface area contributed by atoms with Crippen LogP contribution in [0.3, 0.4) is 0 Å². The molecule has 1 saturated carbocycles. The maximum absolute atomic E-state index is 5.98. The molecule has 0 aromatic heterocycles. The van der Waals surface area contributed by atoms with E-state index in [0.717, 1.165) is 18.4 Å². The molecule has 0 amide bonds. The van der Waals surface area contributed by atoms with E-state index in [1.54, 1.807) is 0 Å². The topological polar surface area (TPSA) is 29.3 Å². The molecule has 0 aromatic rings. The zero-order valence-corrected chi connectivity index (χ0v) is 10.1. The molecule has 2 N–H and O–H groups in total. The van der Waals surface area contributed by atoms with Crippen LogP contribution in [0.4, 0.5) is 0 Å². The van der Waals surface area contributed by atoms with Crippen LogP contribution in [0.25, 0.3) is 0 Å². The van der Waals surface area contributed by atoms with E-state index in [9.17, 15) is 0 Å². The number of hydrogen-bond donors (Lipinski definition) is 1. The molecule has 1 aliphatic heterocycles. The lowest BCUT2D eigenvalue weighted by Crippen LogP contribution is -2.48. The van der Waals surface area contributed by atoms with Gasteiger partial charge >= 0.3 is 0 Å². The molecule has 0 spiro atoms. The number of nitrogens with two attached hydrogens (primary N) is 1. The number of hydrogen-bond acceptors (Lipinski definition) is 2. The van der Waals surface area contributed by atoms with Gasteiger partial charge in [0.15, 0.2) is 0 Å². The highest BCUT2D eigenvalue weighted by molar-refractivity contribution is 4.85. The van der Waals surface area contributed by atoms with Crippen LogP contribution < -0.4 is 5.73 Å². The molecule has 2 nitrogen and oxygen atoms in total. The third kappa shape index (κ3) is 2.73. The van der Waals surface area contributed by atoms with Gasteiger partial charge in [0.1, 0.15) is 0 Å². The molecule has 2 aliphatic rings. The molecule has 88 valence electrons. The second-order valence-corrected chi connectivity index (χ2v) is 5.57. The first-order valence-electron chi connectivity index (χ1n) is 6.75. The molecule has 1 saturated heterocycles. The van der Waals surface area contributed by atoms with Crippen molar-refractivity contribution in [2.75, 3.05) is 19.6 Å². The Kier molecular flexibility index (Phi) is 4.04. The molecule has 1 unspecified atom stereocenters. The summed E-state index contributed by atoms with van der Waals surface area (Å²) in [7, 11) is 0. The lowest BCUT2D eigenvalue weighted by atomic mass is 9.92. The van der Waals surface area contributed by atoms with E-state index in [1.807, 2.05) is 0 Å². The highest BCUT2D eigenvalue weighted by Crippen LogP contribution is 2.31. The normalized spacial score (nSPS) is 28.4. The van der Waals surface area contributed by atoms with Crippen molar-refractivity contribution in [3.05, 3.63) is 0 Å². The quantitative estimate of drug-likeness (QED) is 0.774. The predicted molar refractivity (Wildman–Crippen MR) is 64.8 cm³/mol. The van der Waals surface area contributed by atoms with Gasteiger partial charge in [-0.2, -0.15) is 0 Å². The summed E-state index contributed by atoms with van der Waals surface area (Å²) in [5.41, 5.74) is 5.98. The Balaban J connectivity index is 1.88. The molecule has 2 heteroatoms. The van der Waals surface area contributed by atoms with Crippen molar-refractivity contribution in [2.24, 2.45) is 17.6 Å². The van der Waals surface area contributed by atoms with E-state index in [1.165, 1.54) is 51.6 Å². The summed E-state index contributed by atoms with van der Waals surface area (Å²) in [6.07, 6.45) is 8.48. The zero-order chi connectivity index (χ0) is 10.7. The van der Waals surface area contributed by atoms with Gasteiger partial charge in [-0.15, -0.1) is 0 Å². The molecule has 1 atom stereocenters. The smallest absolute Gasteiger partial charge is 0.0246 e. The van der Waals surface area contributed by atoms with E-state index in [-0.39, 0.29) is 0 Å². The first-order chi connectivity index (χ1) is 7.31. The Bertz CT molecular complexity index is 179. The molecule has 15 heavy (non-hydrogen) atoms. The van der Waals surface area contributed by atoms with E-state index < -0.39 is 0 Å². The molecule has 0 bridgehead atoms. The van der Waals surface area contributed by atoms with Crippen LogP contribution in [0.1, 0.15) is 45.4 Å². The van der Waals surface area contributed by atoms with E-state index in [2.05, 4.69) is 11.8 Å².